The number of methoxy groups -OCH3 is 2. The van der Waals surface area contributed by atoms with E-state index >= 15 is 0 Å². The maximum Gasteiger partial charge on any atom is 0.231 e. The molecule has 0 aliphatic carbocycles. The highest BCUT2D eigenvalue weighted by molar-refractivity contribution is 5.80. The van der Waals surface area contributed by atoms with Crippen LogP contribution in [0.4, 0.5) is 0 Å². The van der Waals surface area contributed by atoms with Gasteiger partial charge in [0.1, 0.15) is 5.82 Å². The van der Waals surface area contributed by atoms with E-state index in [4.69, 9.17) is 18.9 Å². The Hall–Kier alpha value is -2.89. The van der Waals surface area contributed by atoms with Crippen LogP contribution in [0.15, 0.2) is 30.3 Å². The van der Waals surface area contributed by atoms with Gasteiger partial charge in [-0.3, -0.25) is 0 Å². The summed E-state index contributed by atoms with van der Waals surface area (Å²) in [6.45, 7) is 0.272. The van der Waals surface area contributed by atoms with Gasteiger partial charge in [0.2, 0.25) is 6.79 Å². The minimum atomic E-state index is 0.272. The monoisotopic (exact) mass is 326 g/mol. The number of benzene rings is 2. The number of imidazole rings is 1. The van der Waals surface area contributed by atoms with Crippen LogP contribution in [0.3, 0.4) is 0 Å². The zero-order valence-electron chi connectivity index (χ0n) is 13.6. The molecule has 0 bridgehead atoms. The summed E-state index contributed by atoms with van der Waals surface area (Å²) in [5.41, 5.74) is 3.02. The molecule has 1 aliphatic heterocycles. The highest BCUT2D eigenvalue weighted by atomic mass is 16.7. The van der Waals surface area contributed by atoms with Crippen molar-refractivity contribution in [2.75, 3.05) is 21.0 Å². The highest BCUT2D eigenvalue weighted by Crippen LogP contribution is 2.35. The maximum atomic E-state index is 5.40. The van der Waals surface area contributed by atoms with Gasteiger partial charge in [-0.25, -0.2) is 4.98 Å². The number of hydrogen-bond acceptors (Lipinski definition) is 5. The van der Waals surface area contributed by atoms with Crippen LogP contribution >= 0.6 is 0 Å². The predicted octanol–water partition coefficient (Wildman–Crippen LogP) is 3.09. The molecule has 0 amide bonds. The van der Waals surface area contributed by atoms with Gasteiger partial charge in [0, 0.05) is 18.6 Å². The van der Waals surface area contributed by atoms with E-state index in [1.54, 1.807) is 14.2 Å². The van der Waals surface area contributed by atoms with Crippen LogP contribution in [-0.4, -0.2) is 31.0 Å². The molecule has 1 N–H and O–H groups in total. The maximum absolute atomic E-state index is 5.40. The lowest BCUT2D eigenvalue weighted by atomic mass is 10.1. The summed E-state index contributed by atoms with van der Waals surface area (Å²) in [6, 6.07) is 9.81. The van der Waals surface area contributed by atoms with Crippen molar-refractivity contribution in [3.8, 4) is 23.0 Å². The van der Waals surface area contributed by atoms with Crippen molar-refractivity contribution >= 4 is 11.0 Å². The van der Waals surface area contributed by atoms with E-state index in [-0.39, 0.29) is 6.79 Å². The number of nitrogens with one attached hydrogen (secondary N) is 1. The zero-order valence-corrected chi connectivity index (χ0v) is 13.6. The number of H-pyrrole nitrogens is 1. The lowest BCUT2D eigenvalue weighted by Gasteiger charge is -2.09. The van der Waals surface area contributed by atoms with E-state index in [0.717, 1.165) is 52.7 Å². The van der Waals surface area contributed by atoms with Crippen molar-refractivity contribution in [3.63, 3.8) is 0 Å². The smallest absolute Gasteiger partial charge is 0.231 e. The fourth-order valence-corrected chi connectivity index (χ4v) is 2.87. The zero-order chi connectivity index (χ0) is 16.5. The largest absolute Gasteiger partial charge is 0.493 e. The standard InChI is InChI=1S/C18H18N2O4/c1-21-14-5-3-11(7-15(14)22-2)4-6-18-19-12-8-16-17(24-10-23-16)9-13(12)20-18/h3,5,7-9H,4,6,10H2,1-2H3,(H,19,20). The quantitative estimate of drug-likeness (QED) is 0.780. The first-order valence-corrected chi connectivity index (χ1v) is 7.76. The summed E-state index contributed by atoms with van der Waals surface area (Å²) in [6.07, 6.45) is 1.66. The van der Waals surface area contributed by atoms with Crippen molar-refractivity contribution in [1.82, 2.24) is 9.97 Å². The van der Waals surface area contributed by atoms with Crippen molar-refractivity contribution < 1.29 is 18.9 Å². The molecule has 2 aromatic carbocycles. The van der Waals surface area contributed by atoms with Gasteiger partial charge in [-0.05, 0) is 24.1 Å². The Morgan fingerprint density at radius 2 is 1.79 bits per heavy atom. The Balaban J connectivity index is 1.52. The number of aromatic nitrogens is 2. The molecule has 0 saturated carbocycles. The van der Waals surface area contributed by atoms with Crippen molar-refractivity contribution in [1.29, 1.82) is 0 Å². The molecular weight excluding hydrogens is 308 g/mol. The molecule has 0 fully saturated rings. The number of aromatic amines is 1. The van der Waals surface area contributed by atoms with E-state index in [0.29, 0.717) is 0 Å². The van der Waals surface area contributed by atoms with Gasteiger partial charge in [-0.15, -0.1) is 0 Å². The third-order valence-electron chi connectivity index (χ3n) is 4.12. The summed E-state index contributed by atoms with van der Waals surface area (Å²) in [4.78, 5) is 7.98. The molecule has 0 atom stereocenters. The van der Waals surface area contributed by atoms with Crippen LogP contribution in [0.1, 0.15) is 11.4 Å². The molecule has 1 aromatic heterocycles. The van der Waals surface area contributed by atoms with E-state index in [1.807, 2.05) is 30.3 Å². The average molecular weight is 326 g/mol. The van der Waals surface area contributed by atoms with Gasteiger partial charge in [-0.2, -0.15) is 0 Å². The van der Waals surface area contributed by atoms with Gasteiger partial charge < -0.3 is 23.9 Å². The molecule has 124 valence electrons. The van der Waals surface area contributed by atoms with Crippen LogP contribution in [0, 0.1) is 0 Å². The molecule has 0 saturated heterocycles. The molecular formula is C18H18N2O4. The third kappa shape index (κ3) is 2.60. The Morgan fingerprint density at radius 3 is 2.58 bits per heavy atom. The summed E-state index contributed by atoms with van der Waals surface area (Å²) in [5, 5.41) is 0. The van der Waals surface area contributed by atoms with Crippen LogP contribution in [0.5, 0.6) is 23.0 Å². The number of nitrogens with zero attached hydrogens (tertiary/aromatic N) is 1. The lowest BCUT2D eigenvalue weighted by molar-refractivity contribution is 0.174. The average Bonchev–Trinajstić information content (AvgIpc) is 3.22. The first-order chi connectivity index (χ1) is 11.8. The summed E-state index contributed by atoms with van der Waals surface area (Å²) in [5.74, 6) is 3.92. The second-order valence-electron chi connectivity index (χ2n) is 5.60. The molecule has 1 aliphatic rings. The normalized spacial score (nSPS) is 12.6. The van der Waals surface area contributed by atoms with Gasteiger partial charge in [-0.1, -0.05) is 6.07 Å². The fraction of sp³-hybridized carbons (Fsp3) is 0.278. The van der Waals surface area contributed by atoms with Crippen molar-refractivity contribution in [2.45, 2.75) is 12.8 Å². The molecule has 2 heterocycles. The van der Waals surface area contributed by atoms with Crippen molar-refractivity contribution in [2.24, 2.45) is 0 Å². The first kappa shape index (κ1) is 14.7. The highest BCUT2D eigenvalue weighted by Gasteiger charge is 2.16. The first-order valence-electron chi connectivity index (χ1n) is 7.76. The molecule has 4 rings (SSSR count). The topological polar surface area (TPSA) is 65.6 Å². The summed E-state index contributed by atoms with van der Waals surface area (Å²) < 4.78 is 21.4. The van der Waals surface area contributed by atoms with Crippen LogP contribution in [-0.2, 0) is 12.8 Å². The lowest BCUT2D eigenvalue weighted by Crippen LogP contribution is -1.96. The number of fused-ring (bicyclic) bond motifs is 2. The van der Waals surface area contributed by atoms with E-state index in [9.17, 15) is 0 Å². The molecule has 0 unspecified atom stereocenters. The van der Waals surface area contributed by atoms with Gasteiger partial charge in [0.15, 0.2) is 23.0 Å². The van der Waals surface area contributed by atoms with E-state index in [2.05, 4.69) is 9.97 Å². The molecule has 6 nitrogen and oxygen atoms in total. The minimum absolute atomic E-state index is 0.272. The van der Waals surface area contributed by atoms with Crippen LogP contribution in [0.25, 0.3) is 11.0 Å². The molecule has 6 heteroatoms. The van der Waals surface area contributed by atoms with Gasteiger partial charge in [0.05, 0.1) is 25.3 Å². The molecule has 24 heavy (non-hydrogen) atoms. The van der Waals surface area contributed by atoms with Crippen molar-refractivity contribution in [3.05, 3.63) is 41.7 Å². The number of ether oxygens (including phenoxy) is 4. The Bertz CT molecular complexity index is 847. The van der Waals surface area contributed by atoms with Gasteiger partial charge >= 0.3 is 0 Å². The summed E-state index contributed by atoms with van der Waals surface area (Å²) >= 11 is 0. The SMILES string of the molecule is COc1ccc(CCc2nc3cc4c(cc3[nH]2)OCO4)cc1OC. The molecule has 0 spiro atoms. The molecule has 0 radical (unpaired) electrons. The van der Waals surface area contributed by atoms with E-state index < -0.39 is 0 Å². The predicted molar refractivity (Wildman–Crippen MR) is 89.2 cm³/mol. The van der Waals surface area contributed by atoms with Crippen LogP contribution in [0.2, 0.25) is 0 Å². The second-order valence-corrected chi connectivity index (χ2v) is 5.60. The molecule has 3 aromatic rings. The van der Waals surface area contributed by atoms with E-state index in [1.165, 1.54) is 5.56 Å². The number of hydrogen-bond donors (Lipinski definition) is 1. The number of aryl methyl sites for hydroxylation is 2. The summed E-state index contributed by atoms with van der Waals surface area (Å²) in [7, 11) is 3.28. The minimum Gasteiger partial charge on any atom is -0.493 e. The Labute approximate surface area is 139 Å². The third-order valence-corrected chi connectivity index (χ3v) is 4.12. The van der Waals surface area contributed by atoms with Crippen LogP contribution < -0.4 is 18.9 Å². The Kier molecular flexibility index (Phi) is 3.65. The number of rotatable bonds is 5. The van der Waals surface area contributed by atoms with Gasteiger partial charge in [0.25, 0.3) is 0 Å². The second kappa shape index (κ2) is 5.96. The Morgan fingerprint density at radius 1 is 1.00 bits per heavy atom. The fourth-order valence-electron chi connectivity index (χ4n) is 2.87.